The lowest BCUT2D eigenvalue weighted by Gasteiger charge is -2.36. The first-order valence-electron chi connectivity index (χ1n) is 8.10. The summed E-state index contributed by atoms with van der Waals surface area (Å²) >= 11 is 6.28. The molecule has 0 aromatic heterocycles. The van der Waals surface area contributed by atoms with Gasteiger partial charge < -0.3 is 4.90 Å². The van der Waals surface area contributed by atoms with Crippen molar-refractivity contribution < 1.29 is 8.78 Å². The lowest BCUT2D eigenvalue weighted by molar-refractivity contribution is 0.409. The minimum Gasteiger partial charge on any atom is -0.362 e. The standard InChI is InChI=1S/C19H20ClF2N/c20-17-9-5-4-6-14(17)13-23(16-7-2-1-3-8-16)19-11-10-15(21)12-18(19)22/h4-6,9-12,16H,1-3,7-8,13H2. The fourth-order valence-corrected chi connectivity index (χ4v) is 3.52. The van der Waals surface area contributed by atoms with Gasteiger partial charge in [-0.15, -0.1) is 0 Å². The van der Waals surface area contributed by atoms with E-state index in [2.05, 4.69) is 4.90 Å². The minimum atomic E-state index is -0.549. The molecule has 0 heterocycles. The summed E-state index contributed by atoms with van der Waals surface area (Å²) in [5, 5.41) is 0.677. The van der Waals surface area contributed by atoms with Gasteiger partial charge in [0.05, 0.1) is 5.69 Å². The molecule has 0 atom stereocenters. The topological polar surface area (TPSA) is 3.24 Å². The normalized spacial score (nSPS) is 15.6. The lowest BCUT2D eigenvalue weighted by atomic mass is 9.93. The molecule has 0 aliphatic heterocycles. The van der Waals surface area contributed by atoms with Crippen molar-refractivity contribution in [3.05, 3.63) is 64.7 Å². The number of hydrogen-bond acceptors (Lipinski definition) is 1. The molecule has 4 heteroatoms. The zero-order chi connectivity index (χ0) is 16.2. The second-order valence-electron chi connectivity index (χ2n) is 6.11. The second kappa shape index (κ2) is 7.31. The maximum Gasteiger partial charge on any atom is 0.149 e. The van der Waals surface area contributed by atoms with Gasteiger partial charge in [-0.25, -0.2) is 8.78 Å². The average molecular weight is 336 g/mol. The van der Waals surface area contributed by atoms with Crippen LogP contribution in [0.2, 0.25) is 5.02 Å². The van der Waals surface area contributed by atoms with Gasteiger partial charge >= 0.3 is 0 Å². The Balaban J connectivity index is 1.94. The Morgan fingerprint density at radius 3 is 2.43 bits per heavy atom. The van der Waals surface area contributed by atoms with E-state index in [4.69, 9.17) is 11.6 Å². The molecule has 2 aromatic rings. The van der Waals surface area contributed by atoms with Gasteiger partial charge in [0.25, 0.3) is 0 Å². The third-order valence-electron chi connectivity index (χ3n) is 4.53. The molecule has 3 rings (SSSR count). The highest BCUT2D eigenvalue weighted by Gasteiger charge is 2.24. The monoisotopic (exact) mass is 335 g/mol. The Labute approximate surface area is 140 Å². The fraction of sp³-hybridized carbons (Fsp3) is 0.368. The number of rotatable bonds is 4. The number of halogens is 3. The van der Waals surface area contributed by atoms with Gasteiger partial charge in [0.15, 0.2) is 0 Å². The first-order valence-corrected chi connectivity index (χ1v) is 8.48. The van der Waals surface area contributed by atoms with Crippen LogP contribution in [0.25, 0.3) is 0 Å². The zero-order valence-corrected chi connectivity index (χ0v) is 13.7. The Hall–Kier alpha value is -1.61. The van der Waals surface area contributed by atoms with E-state index in [1.54, 1.807) is 0 Å². The van der Waals surface area contributed by atoms with E-state index in [1.165, 1.54) is 18.6 Å². The molecule has 0 unspecified atom stereocenters. The molecule has 1 nitrogen and oxygen atoms in total. The van der Waals surface area contributed by atoms with Crippen LogP contribution < -0.4 is 4.90 Å². The van der Waals surface area contributed by atoms with E-state index in [0.29, 0.717) is 17.3 Å². The van der Waals surface area contributed by atoms with Gasteiger partial charge in [-0.1, -0.05) is 49.1 Å². The number of nitrogens with zero attached hydrogens (tertiary/aromatic N) is 1. The van der Waals surface area contributed by atoms with Gasteiger partial charge in [0.2, 0.25) is 0 Å². The van der Waals surface area contributed by atoms with E-state index in [-0.39, 0.29) is 6.04 Å². The molecule has 23 heavy (non-hydrogen) atoms. The van der Waals surface area contributed by atoms with Crippen molar-refractivity contribution in [2.75, 3.05) is 4.90 Å². The molecule has 1 fully saturated rings. The maximum absolute atomic E-state index is 14.3. The third kappa shape index (κ3) is 3.84. The molecule has 0 spiro atoms. The molecule has 0 saturated heterocycles. The summed E-state index contributed by atoms with van der Waals surface area (Å²) in [5.74, 6) is -1.06. The highest BCUT2D eigenvalue weighted by Crippen LogP contribution is 2.32. The summed E-state index contributed by atoms with van der Waals surface area (Å²) in [7, 11) is 0. The number of anilines is 1. The van der Waals surface area contributed by atoms with E-state index in [1.807, 2.05) is 24.3 Å². The van der Waals surface area contributed by atoms with Gasteiger partial charge in [0, 0.05) is 23.7 Å². The largest absolute Gasteiger partial charge is 0.362 e. The minimum absolute atomic E-state index is 0.264. The first-order chi connectivity index (χ1) is 11.1. The highest BCUT2D eigenvalue weighted by atomic mass is 35.5. The average Bonchev–Trinajstić information content (AvgIpc) is 2.56. The summed E-state index contributed by atoms with van der Waals surface area (Å²) in [6.07, 6.45) is 5.57. The van der Waals surface area contributed by atoms with Gasteiger partial charge in [-0.3, -0.25) is 0 Å². The lowest BCUT2D eigenvalue weighted by Crippen LogP contribution is -2.37. The maximum atomic E-state index is 14.3. The summed E-state index contributed by atoms with van der Waals surface area (Å²) in [4.78, 5) is 2.05. The van der Waals surface area contributed by atoms with Gasteiger partial charge in [-0.05, 0) is 36.6 Å². The van der Waals surface area contributed by atoms with Crippen LogP contribution in [0.1, 0.15) is 37.7 Å². The number of hydrogen-bond donors (Lipinski definition) is 0. The predicted molar refractivity (Wildman–Crippen MR) is 90.9 cm³/mol. The molecular formula is C19H20ClF2N. The molecule has 2 aromatic carbocycles. The predicted octanol–water partition coefficient (Wildman–Crippen LogP) is 5.96. The van der Waals surface area contributed by atoms with Gasteiger partial charge in [-0.2, -0.15) is 0 Å². The van der Waals surface area contributed by atoms with Crippen LogP contribution in [-0.2, 0) is 6.54 Å². The smallest absolute Gasteiger partial charge is 0.149 e. The molecule has 0 radical (unpaired) electrons. The van der Waals surface area contributed by atoms with Crippen LogP contribution in [0.3, 0.4) is 0 Å². The van der Waals surface area contributed by atoms with E-state index < -0.39 is 11.6 Å². The summed E-state index contributed by atoms with van der Waals surface area (Å²) < 4.78 is 27.6. The van der Waals surface area contributed by atoms with Crippen molar-refractivity contribution in [2.45, 2.75) is 44.7 Å². The summed E-state index contributed by atoms with van der Waals surface area (Å²) in [6, 6.07) is 11.7. The molecule has 0 bridgehead atoms. The Morgan fingerprint density at radius 2 is 1.74 bits per heavy atom. The third-order valence-corrected chi connectivity index (χ3v) is 4.90. The van der Waals surface area contributed by atoms with E-state index in [9.17, 15) is 8.78 Å². The summed E-state index contributed by atoms with van der Waals surface area (Å²) in [6.45, 7) is 0.535. The van der Waals surface area contributed by atoms with Crippen molar-refractivity contribution in [3.63, 3.8) is 0 Å². The molecule has 122 valence electrons. The van der Waals surface area contributed by atoms with Crippen LogP contribution in [-0.4, -0.2) is 6.04 Å². The van der Waals surface area contributed by atoms with Crippen molar-refractivity contribution >= 4 is 17.3 Å². The van der Waals surface area contributed by atoms with Crippen molar-refractivity contribution in [1.82, 2.24) is 0 Å². The molecular weight excluding hydrogens is 316 g/mol. The van der Waals surface area contributed by atoms with Crippen molar-refractivity contribution in [2.24, 2.45) is 0 Å². The quantitative estimate of drug-likeness (QED) is 0.666. The van der Waals surface area contributed by atoms with Gasteiger partial charge in [0.1, 0.15) is 11.6 Å². The van der Waals surface area contributed by atoms with Crippen LogP contribution >= 0.6 is 11.6 Å². The second-order valence-corrected chi connectivity index (χ2v) is 6.51. The highest BCUT2D eigenvalue weighted by molar-refractivity contribution is 6.31. The first kappa shape index (κ1) is 16.3. The number of benzene rings is 2. The Morgan fingerprint density at radius 1 is 1.00 bits per heavy atom. The Kier molecular flexibility index (Phi) is 5.16. The van der Waals surface area contributed by atoms with Crippen molar-refractivity contribution in [1.29, 1.82) is 0 Å². The van der Waals surface area contributed by atoms with E-state index >= 15 is 0 Å². The fourth-order valence-electron chi connectivity index (χ4n) is 3.33. The van der Waals surface area contributed by atoms with Crippen molar-refractivity contribution in [3.8, 4) is 0 Å². The summed E-state index contributed by atoms with van der Waals surface area (Å²) in [5.41, 5.74) is 1.42. The zero-order valence-electron chi connectivity index (χ0n) is 12.9. The van der Waals surface area contributed by atoms with E-state index in [0.717, 1.165) is 37.3 Å². The molecule has 1 saturated carbocycles. The van der Waals surface area contributed by atoms with Crippen LogP contribution in [0.15, 0.2) is 42.5 Å². The molecule has 0 amide bonds. The molecule has 1 aliphatic carbocycles. The van der Waals surface area contributed by atoms with Crippen LogP contribution in [0, 0.1) is 11.6 Å². The Bertz CT molecular complexity index is 668. The van der Waals surface area contributed by atoms with Crippen LogP contribution in [0.5, 0.6) is 0 Å². The SMILES string of the molecule is Fc1ccc(N(Cc2ccccc2Cl)C2CCCCC2)c(F)c1. The molecule has 1 aliphatic rings. The molecule has 0 N–H and O–H groups in total. The van der Waals surface area contributed by atoms with Crippen LogP contribution in [0.4, 0.5) is 14.5 Å².